The zero-order valence-electron chi connectivity index (χ0n) is 12.3. The van der Waals surface area contributed by atoms with E-state index >= 15 is 0 Å². The third-order valence-corrected chi connectivity index (χ3v) is 4.91. The predicted molar refractivity (Wildman–Crippen MR) is 92.7 cm³/mol. The maximum atomic E-state index is 2.43. The van der Waals surface area contributed by atoms with Crippen LogP contribution in [0.25, 0.3) is 27.8 Å². The number of aryl methyl sites for hydroxylation is 1. The van der Waals surface area contributed by atoms with Crippen molar-refractivity contribution in [3.05, 3.63) is 89.5 Å². The predicted octanol–water partition coefficient (Wildman–Crippen LogP) is 5.71. The second kappa shape index (κ2) is 4.45. The molecule has 104 valence electrons. The van der Waals surface area contributed by atoms with Crippen molar-refractivity contribution in [2.75, 3.05) is 0 Å². The highest BCUT2D eigenvalue weighted by Gasteiger charge is 2.25. The fourth-order valence-corrected chi connectivity index (χ4v) is 3.98. The highest BCUT2D eigenvalue weighted by molar-refractivity contribution is 6.02. The third kappa shape index (κ3) is 1.52. The smallest absolute Gasteiger partial charge is 0.00699 e. The Kier molecular flexibility index (Phi) is 2.42. The fourth-order valence-electron chi connectivity index (χ4n) is 3.98. The lowest BCUT2D eigenvalue weighted by atomic mass is 9.83. The summed E-state index contributed by atoms with van der Waals surface area (Å²) in [5.74, 6) is 0. The van der Waals surface area contributed by atoms with Gasteiger partial charge in [0.05, 0.1) is 0 Å². The van der Waals surface area contributed by atoms with Gasteiger partial charge in [-0.25, -0.2) is 0 Å². The van der Waals surface area contributed by atoms with Crippen molar-refractivity contribution < 1.29 is 0 Å². The molecule has 22 heavy (non-hydrogen) atoms. The molecule has 5 rings (SSSR count). The van der Waals surface area contributed by atoms with E-state index in [0.717, 1.165) is 12.8 Å². The van der Waals surface area contributed by atoms with Crippen LogP contribution < -0.4 is 0 Å². The highest BCUT2D eigenvalue weighted by atomic mass is 14.3. The molecular weight excluding hydrogens is 264 g/mol. The van der Waals surface area contributed by atoms with E-state index in [4.69, 9.17) is 0 Å². The van der Waals surface area contributed by atoms with Gasteiger partial charge >= 0.3 is 0 Å². The van der Waals surface area contributed by atoms with Crippen LogP contribution in [0.4, 0.5) is 0 Å². The van der Waals surface area contributed by atoms with Gasteiger partial charge < -0.3 is 0 Å². The lowest BCUT2D eigenvalue weighted by Gasteiger charge is -2.20. The Morgan fingerprint density at radius 3 is 1.91 bits per heavy atom. The summed E-state index contributed by atoms with van der Waals surface area (Å²) in [5, 5.41) is 0. The van der Waals surface area contributed by atoms with Crippen LogP contribution in [0.2, 0.25) is 0 Å². The largest absolute Gasteiger partial charge is 0.0757 e. The molecule has 0 fully saturated rings. The first kappa shape index (κ1) is 12.0. The normalized spacial score (nSPS) is 14.3. The van der Waals surface area contributed by atoms with Crippen LogP contribution in [-0.2, 0) is 6.42 Å². The van der Waals surface area contributed by atoms with Crippen LogP contribution in [-0.4, -0.2) is 0 Å². The molecule has 2 aliphatic carbocycles. The molecule has 3 aromatic rings. The molecule has 0 heteroatoms. The topological polar surface area (TPSA) is 0 Å². The van der Waals surface area contributed by atoms with E-state index in [1.54, 1.807) is 0 Å². The summed E-state index contributed by atoms with van der Waals surface area (Å²) in [7, 11) is 0. The molecule has 0 saturated heterocycles. The van der Waals surface area contributed by atoms with Crippen molar-refractivity contribution in [3.8, 4) is 22.3 Å². The van der Waals surface area contributed by atoms with E-state index < -0.39 is 0 Å². The average molecular weight is 280 g/mol. The number of hydrogen-bond acceptors (Lipinski definition) is 0. The van der Waals surface area contributed by atoms with Gasteiger partial charge in [0.1, 0.15) is 0 Å². The standard InChI is InChI=1S/C22H16/c1-3-11-18-16(9-1)17-10-2-4-12-19(17)21-14-6-8-15-7-5-13-20(18)22(15)21/h1-5,7,9-14H,6,8H2. The minimum absolute atomic E-state index is 1.14. The number of allylic oxidation sites excluding steroid dienone is 1. The molecule has 0 bridgehead atoms. The van der Waals surface area contributed by atoms with Gasteiger partial charge in [0.15, 0.2) is 0 Å². The van der Waals surface area contributed by atoms with Crippen molar-refractivity contribution in [2.45, 2.75) is 12.8 Å². The van der Waals surface area contributed by atoms with Crippen LogP contribution in [0.3, 0.4) is 0 Å². The van der Waals surface area contributed by atoms with Gasteiger partial charge in [0.25, 0.3) is 0 Å². The molecule has 0 saturated carbocycles. The van der Waals surface area contributed by atoms with Crippen molar-refractivity contribution in [2.24, 2.45) is 0 Å². The summed E-state index contributed by atoms with van der Waals surface area (Å²) in [4.78, 5) is 0. The van der Waals surface area contributed by atoms with Crippen LogP contribution in [0, 0.1) is 0 Å². The summed E-state index contributed by atoms with van der Waals surface area (Å²) in [6.45, 7) is 0. The molecule has 0 aliphatic heterocycles. The Morgan fingerprint density at radius 2 is 1.14 bits per heavy atom. The van der Waals surface area contributed by atoms with Crippen LogP contribution >= 0.6 is 0 Å². The summed E-state index contributed by atoms with van der Waals surface area (Å²) in [6.07, 6.45) is 4.71. The van der Waals surface area contributed by atoms with Crippen molar-refractivity contribution >= 4 is 5.57 Å². The van der Waals surface area contributed by atoms with E-state index in [0.29, 0.717) is 0 Å². The molecule has 0 amide bonds. The van der Waals surface area contributed by atoms with E-state index in [2.05, 4.69) is 72.8 Å². The maximum absolute atomic E-state index is 2.43. The van der Waals surface area contributed by atoms with Gasteiger partial charge in [-0.1, -0.05) is 72.8 Å². The second-order valence-corrected chi connectivity index (χ2v) is 6.09. The monoisotopic (exact) mass is 280 g/mol. The van der Waals surface area contributed by atoms with Gasteiger partial charge in [0, 0.05) is 0 Å². The van der Waals surface area contributed by atoms with Gasteiger partial charge in [-0.15, -0.1) is 0 Å². The van der Waals surface area contributed by atoms with Gasteiger partial charge in [-0.2, -0.15) is 0 Å². The number of hydrogen-bond donors (Lipinski definition) is 0. The van der Waals surface area contributed by atoms with Gasteiger partial charge in [-0.05, 0) is 57.4 Å². The Balaban J connectivity index is 2.01. The molecule has 0 aromatic heterocycles. The Bertz CT molecular complexity index is 928. The van der Waals surface area contributed by atoms with Crippen molar-refractivity contribution in [1.29, 1.82) is 0 Å². The number of rotatable bonds is 0. The summed E-state index contributed by atoms with van der Waals surface area (Å²) >= 11 is 0. The first-order valence-corrected chi connectivity index (χ1v) is 7.95. The molecule has 2 aliphatic rings. The Hall–Kier alpha value is -2.60. The first-order chi connectivity index (χ1) is 10.9. The number of fused-ring (bicyclic) bond motifs is 5. The molecule has 0 spiro atoms. The van der Waals surface area contributed by atoms with Crippen molar-refractivity contribution in [1.82, 2.24) is 0 Å². The van der Waals surface area contributed by atoms with E-state index in [-0.39, 0.29) is 0 Å². The van der Waals surface area contributed by atoms with E-state index in [1.807, 2.05) is 0 Å². The third-order valence-electron chi connectivity index (χ3n) is 4.91. The van der Waals surface area contributed by atoms with Gasteiger partial charge in [-0.3, -0.25) is 0 Å². The summed E-state index contributed by atoms with van der Waals surface area (Å²) in [6, 6.07) is 24.4. The maximum Gasteiger partial charge on any atom is -0.00699 e. The SMILES string of the molecule is C1=C2c3ccccc3-c3ccccc3-c3cccc(c32)CC1. The molecule has 0 radical (unpaired) electrons. The van der Waals surface area contributed by atoms with Gasteiger partial charge in [0.2, 0.25) is 0 Å². The zero-order chi connectivity index (χ0) is 14.5. The molecule has 0 unspecified atom stereocenters. The molecule has 0 N–H and O–H groups in total. The van der Waals surface area contributed by atoms with E-state index in [1.165, 1.54) is 44.5 Å². The average Bonchev–Trinajstić information content (AvgIpc) is 2.72. The zero-order valence-corrected chi connectivity index (χ0v) is 12.3. The first-order valence-electron chi connectivity index (χ1n) is 7.95. The number of benzene rings is 3. The van der Waals surface area contributed by atoms with Crippen LogP contribution in [0.5, 0.6) is 0 Å². The molecule has 3 aromatic carbocycles. The highest BCUT2D eigenvalue weighted by Crippen LogP contribution is 2.47. The van der Waals surface area contributed by atoms with E-state index in [9.17, 15) is 0 Å². The van der Waals surface area contributed by atoms with Crippen molar-refractivity contribution in [3.63, 3.8) is 0 Å². The minimum atomic E-state index is 1.14. The lowest BCUT2D eigenvalue weighted by Crippen LogP contribution is -2.02. The Labute approximate surface area is 130 Å². The van der Waals surface area contributed by atoms with Crippen LogP contribution in [0.1, 0.15) is 23.1 Å². The summed E-state index contributed by atoms with van der Waals surface area (Å²) < 4.78 is 0. The molecular formula is C22H16. The molecule has 0 heterocycles. The fraction of sp³-hybridized carbons (Fsp3) is 0.0909. The minimum Gasteiger partial charge on any atom is -0.0757 e. The van der Waals surface area contributed by atoms with Crippen LogP contribution in [0.15, 0.2) is 72.8 Å². The summed E-state index contributed by atoms with van der Waals surface area (Å²) in [5.41, 5.74) is 11.2. The Morgan fingerprint density at radius 1 is 0.545 bits per heavy atom. The molecule has 0 nitrogen and oxygen atoms in total. The second-order valence-electron chi connectivity index (χ2n) is 6.09. The molecule has 0 atom stereocenters. The quantitative estimate of drug-likeness (QED) is 0.387. The lowest BCUT2D eigenvalue weighted by molar-refractivity contribution is 0.979.